The molecule has 0 unspecified atom stereocenters. The van der Waals surface area contributed by atoms with Gasteiger partial charge in [0.1, 0.15) is 18.1 Å². The number of aromatic nitrogens is 1. The van der Waals surface area contributed by atoms with E-state index in [2.05, 4.69) is 27.8 Å². The zero-order valence-corrected chi connectivity index (χ0v) is 15.5. The SMILES string of the molecule is COc1ccc(OCCNCC(=O)NCCc2c[nH]c3ccccc23)cc1. The molecule has 2 aromatic carbocycles. The Hall–Kier alpha value is -2.99. The lowest BCUT2D eigenvalue weighted by atomic mass is 10.1. The Balaban J connectivity index is 1.28. The molecule has 142 valence electrons. The molecule has 0 fully saturated rings. The van der Waals surface area contributed by atoms with Gasteiger partial charge in [-0.15, -0.1) is 0 Å². The van der Waals surface area contributed by atoms with Crippen LogP contribution in [0.15, 0.2) is 54.7 Å². The van der Waals surface area contributed by atoms with Gasteiger partial charge in [-0.25, -0.2) is 0 Å². The average molecular weight is 367 g/mol. The molecule has 1 amide bonds. The molecule has 3 rings (SSSR count). The molecular formula is C21H25N3O3. The van der Waals surface area contributed by atoms with Gasteiger partial charge in [0.05, 0.1) is 13.7 Å². The molecule has 1 heterocycles. The normalized spacial score (nSPS) is 10.7. The fraction of sp³-hybridized carbons (Fsp3) is 0.286. The van der Waals surface area contributed by atoms with E-state index in [4.69, 9.17) is 9.47 Å². The summed E-state index contributed by atoms with van der Waals surface area (Å²) < 4.78 is 10.7. The maximum Gasteiger partial charge on any atom is 0.233 e. The van der Waals surface area contributed by atoms with Crippen molar-refractivity contribution < 1.29 is 14.3 Å². The first-order valence-electron chi connectivity index (χ1n) is 9.05. The first-order valence-corrected chi connectivity index (χ1v) is 9.05. The number of amides is 1. The van der Waals surface area contributed by atoms with E-state index < -0.39 is 0 Å². The highest BCUT2D eigenvalue weighted by atomic mass is 16.5. The van der Waals surface area contributed by atoms with Gasteiger partial charge in [0.15, 0.2) is 0 Å². The zero-order valence-electron chi connectivity index (χ0n) is 15.5. The van der Waals surface area contributed by atoms with Crippen LogP contribution in [0.3, 0.4) is 0 Å². The van der Waals surface area contributed by atoms with Gasteiger partial charge in [0, 0.05) is 30.2 Å². The molecule has 27 heavy (non-hydrogen) atoms. The number of carbonyl (C=O) groups is 1. The number of nitrogens with one attached hydrogen (secondary N) is 3. The van der Waals surface area contributed by atoms with Gasteiger partial charge in [-0.3, -0.25) is 4.79 Å². The minimum Gasteiger partial charge on any atom is -0.497 e. The molecule has 1 aromatic heterocycles. The van der Waals surface area contributed by atoms with Crippen LogP contribution in [-0.2, 0) is 11.2 Å². The van der Waals surface area contributed by atoms with Gasteiger partial charge < -0.3 is 25.1 Å². The van der Waals surface area contributed by atoms with Crippen molar-refractivity contribution in [1.82, 2.24) is 15.6 Å². The number of carbonyl (C=O) groups excluding carboxylic acids is 1. The monoisotopic (exact) mass is 367 g/mol. The van der Waals surface area contributed by atoms with Crippen LogP contribution in [0.25, 0.3) is 10.9 Å². The number of methoxy groups -OCH3 is 1. The van der Waals surface area contributed by atoms with E-state index in [0.717, 1.165) is 23.4 Å². The highest BCUT2D eigenvalue weighted by Gasteiger charge is 2.04. The summed E-state index contributed by atoms with van der Waals surface area (Å²) in [6.45, 7) is 1.99. The number of H-pyrrole nitrogens is 1. The van der Waals surface area contributed by atoms with E-state index in [1.54, 1.807) is 7.11 Å². The van der Waals surface area contributed by atoms with Crippen molar-refractivity contribution in [3.8, 4) is 11.5 Å². The van der Waals surface area contributed by atoms with Crippen molar-refractivity contribution >= 4 is 16.8 Å². The topological polar surface area (TPSA) is 75.4 Å². The van der Waals surface area contributed by atoms with Crippen LogP contribution in [0, 0.1) is 0 Å². The van der Waals surface area contributed by atoms with Gasteiger partial charge in [-0.05, 0) is 42.3 Å². The van der Waals surface area contributed by atoms with Gasteiger partial charge >= 0.3 is 0 Å². The molecule has 0 aliphatic rings. The molecule has 6 nitrogen and oxygen atoms in total. The minimum absolute atomic E-state index is 0.0145. The molecule has 0 aliphatic carbocycles. The molecule has 0 saturated carbocycles. The molecular weight excluding hydrogens is 342 g/mol. The third-order valence-electron chi connectivity index (χ3n) is 4.28. The first kappa shape index (κ1) is 18.8. The van der Waals surface area contributed by atoms with Crippen molar-refractivity contribution in [2.45, 2.75) is 6.42 Å². The summed E-state index contributed by atoms with van der Waals surface area (Å²) in [5.74, 6) is 1.56. The number of para-hydroxylation sites is 1. The molecule has 0 saturated heterocycles. The minimum atomic E-state index is -0.0145. The fourth-order valence-electron chi connectivity index (χ4n) is 2.85. The van der Waals surface area contributed by atoms with Crippen molar-refractivity contribution in [3.05, 3.63) is 60.3 Å². The van der Waals surface area contributed by atoms with Crippen LogP contribution in [0.5, 0.6) is 11.5 Å². The number of hydrogen-bond donors (Lipinski definition) is 3. The number of benzene rings is 2. The molecule has 0 atom stereocenters. The smallest absolute Gasteiger partial charge is 0.233 e. The van der Waals surface area contributed by atoms with Crippen molar-refractivity contribution in [1.29, 1.82) is 0 Å². The highest BCUT2D eigenvalue weighted by molar-refractivity contribution is 5.83. The second kappa shape index (κ2) is 9.64. The summed E-state index contributed by atoms with van der Waals surface area (Å²) >= 11 is 0. The van der Waals surface area contributed by atoms with E-state index in [-0.39, 0.29) is 12.5 Å². The molecule has 3 N–H and O–H groups in total. The Kier molecular flexibility index (Phi) is 6.71. The molecule has 0 spiro atoms. The summed E-state index contributed by atoms with van der Waals surface area (Å²) in [6.07, 6.45) is 2.81. The van der Waals surface area contributed by atoms with Gasteiger partial charge in [0.25, 0.3) is 0 Å². The quantitative estimate of drug-likeness (QED) is 0.481. The lowest BCUT2D eigenvalue weighted by Crippen LogP contribution is -2.36. The largest absolute Gasteiger partial charge is 0.497 e. The third-order valence-corrected chi connectivity index (χ3v) is 4.28. The second-order valence-electron chi connectivity index (χ2n) is 6.16. The summed E-state index contributed by atoms with van der Waals surface area (Å²) in [7, 11) is 1.63. The van der Waals surface area contributed by atoms with E-state index in [1.165, 1.54) is 10.9 Å². The van der Waals surface area contributed by atoms with E-state index in [9.17, 15) is 4.79 Å². The van der Waals surface area contributed by atoms with E-state index >= 15 is 0 Å². The van der Waals surface area contributed by atoms with E-state index in [1.807, 2.05) is 42.6 Å². The summed E-state index contributed by atoms with van der Waals surface area (Å²) in [6, 6.07) is 15.6. The third kappa shape index (κ3) is 5.49. The average Bonchev–Trinajstić information content (AvgIpc) is 3.11. The van der Waals surface area contributed by atoms with E-state index in [0.29, 0.717) is 19.7 Å². The fourth-order valence-corrected chi connectivity index (χ4v) is 2.85. The van der Waals surface area contributed by atoms with Crippen molar-refractivity contribution in [2.24, 2.45) is 0 Å². The Labute approximate surface area is 158 Å². The lowest BCUT2D eigenvalue weighted by molar-refractivity contribution is -0.120. The van der Waals surface area contributed by atoms with Crippen molar-refractivity contribution in [3.63, 3.8) is 0 Å². The number of ether oxygens (including phenoxy) is 2. The number of aromatic amines is 1. The van der Waals surface area contributed by atoms with Crippen LogP contribution in [0.2, 0.25) is 0 Å². The maximum absolute atomic E-state index is 11.9. The van der Waals surface area contributed by atoms with Crippen LogP contribution in [0.4, 0.5) is 0 Å². The standard InChI is InChI=1S/C21H25N3O3/c1-26-17-6-8-18(9-7-17)27-13-12-22-15-21(25)23-11-10-16-14-24-20-5-3-2-4-19(16)20/h2-9,14,22,24H,10-13,15H2,1H3,(H,23,25). The molecule has 3 aromatic rings. The molecule has 0 radical (unpaired) electrons. The number of fused-ring (bicyclic) bond motifs is 1. The number of hydrogen-bond acceptors (Lipinski definition) is 4. The summed E-state index contributed by atoms with van der Waals surface area (Å²) in [5.41, 5.74) is 2.34. The van der Waals surface area contributed by atoms with Crippen LogP contribution < -0.4 is 20.1 Å². The summed E-state index contributed by atoms with van der Waals surface area (Å²) in [5, 5.41) is 7.23. The molecule has 0 aliphatic heterocycles. The predicted molar refractivity (Wildman–Crippen MR) is 106 cm³/mol. The molecule has 6 heteroatoms. The Morgan fingerprint density at radius 2 is 1.81 bits per heavy atom. The maximum atomic E-state index is 11.9. The predicted octanol–water partition coefficient (Wildman–Crippen LogP) is 2.50. The van der Waals surface area contributed by atoms with Crippen LogP contribution in [-0.4, -0.2) is 44.2 Å². The van der Waals surface area contributed by atoms with Crippen LogP contribution >= 0.6 is 0 Å². The zero-order chi connectivity index (χ0) is 18.9. The Morgan fingerprint density at radius 3 is 2.63 bits per heavy atom. The van der Waals surface area contributed by atoms with Crippen molar-refractivity contribution in [2.75, 3.05) is 33.4 Å². The van der Waals surface area contributed by atoms with Gasteiger partial charge in [-0.1, -0.05) is 18.2 Å². The van der Waals surface area contributed by atoms with Crippen LogP contribution in [0.1, 0.15) is 5.56 Å². The Bertz CT molecular complexity index is 858. The second-order valence-corrected chi connectivity index (χ2v) is 6.16. The highest BCUT2D eigenvalue weighted by Crippen LogP contribution is 2.18. The lowest BCUT2D eigenvalue weighted by Gasteiger charge is -2.09. The number of rotatable bonds is 10. The summed E-state index contributed by atoms with van der Waals surface area (Å²) in [4.78, 5) is 15.2. The first-order chi connectivity index (χ1) is 13.3. The Morgan fingerprint density at radius 1 is 1.04 bits per heavy atom. The van der Waals surface area contributed by atoms with Gasteiger partial charge in [-0.2, -0.15) is 0 Å². The molecule has 0 bridgehead atoms. The van der Waals surface area contributed by atoms with Gasteiger partial charge in [0.2, 0.25) is 5.91 Å².